The van der Waals surface area contributed by atoms with Crippen LogP contribution in [0.2, 0.25) is 5.02 Å². The Labute approximate surface area is 130 Å². The molecule has 1 aliphatic heterocycles. The zero-order valence-corrected chi connectivity index (χ0v) is 13.3. The summed E-state index contributed by atoms with van der Waals surface area (Å²) in [6, 6.07) is 6.92. The molecule has 0 aliphatic carbocycles. The molecule has 1 aromatic carbocycles. The Morgan fingerprint density at radius 3 is 2.67 bits per heavy atom. The van der Waals surface area contributed by atoms with Gasteiger partial charge in [-0.15, -0.1) is 0 Å². The number of rotatable bonds is 2. The lowest BCUT2D eigenvalue weighted by molar-refractivity contribution is 0.0289. The van der Waals surface area contributed by atoms with Crippen LogP contribution in [0.4, 0.5) is 4.79 Å². The van der Waals surface area contributed by atoms with E-state index < -0.39 is 5.60 Å². The van der Waals surface area contributed by atoms with Crippen molar-refractivity contribution in [3.63, 3.8) is 0 Å². The number of Topliss-reactive ketones (excluding diaryl/α,β-unsaturated/α-hetero) is 1. The van der Waals surface area contributed by atoms with Crippen molar-refractivity contribution >= 4 is 23.5 Å². The van der Waals surface area contributed by atoms with Crippen molar-refractivity contribution < 1.29 is 14.3 Å². The molecule has 2 rings (SSSR count). The molecule has 0 unspecified atom stereocenters. The van der Waals surface area contributed by atoms with Gasteiger partial charge in [-0.25, -0.2) is 4.79 Å². The van der Waals surface area contributed by atoms with E-state index in [1.807, 2.05) is 20.8 Å². The van der Waals surface area contributed by atoms with Crippen LogP contribution in [-0.4, -0.2) is 35.5 Å². The molecule has 1 fully saturated rings. The predicted molar refractivity (Wildman–Crippen MR) is 81.7 cm³/mol. The van der Waals surface area contributed by atoms with Gasteiger partial charge in [0.15, 0.2) is 5.78 Å². The van der Waals surface area contributed by atoms with Crippen LogP contribution < -0.4 is 0 Å². The Bertz CT molecular complexity index is 551. The topological polar surface area (TPSA) is 46.6 Å². The molecule has 4 nitrogen and oxygen atoms in total. The summed E-state index contributed by atoms with van der Waals surface area (Å²) in [6.07, 6.45) is 0.300. The normalized spacial score (nSPS) is 18.7. The highest BCUT2D eigenvalue weighted by molar-refractivity contribution is 6.31. The minimum atomic E-state index is -0.522. The van der Waals surface area contributed by atoms with Gasteiger partial charge in [0.25, 0.3) is 0 Å². The molecule has 1 heterocycles. The van der Waals surface area contributed by atoms with E-state index in [0.717, 1.165) is 0 Å². The summed E-state index contributed by atoms with van der Waals surface area (Å²) >= 11 is 5.91. The van der Waals surface area contributed by atoms with E-state index in [0.29, 0.717) is 30.1 Å². The van der Waals surface area contributed by atoms with Crippen molar-refractivity contribution in [3.05, 3.63) is 34.9 Å². The van der Waals surface area contributed by atoms with Crippen molar-refractivity contribution in [2.75, 3.05) is 13.1 Å². The number of amides is 1. The van der Waals surface area contributed by atoms with Crippen molar-refractivity contribution in [1.82, 2.24) is 4.90 Å². The number of hydrogen-bond acceptors (Lipinski definition) is 3. The molecule has 0 saturated carbocycles. The van der Waals surface area contributed by atoms with Gasteiger partial charge in [-0.3, -0.25) is 4.79 Å². The second kappa shape index (κ2) is 6.06. The first kappa shape index (κ1) is 15.8. The predicted octanol–water partition coefficient (Wildman–Crippen LogP) is 3.78. The summed E-state index contributed by atoms with van der Waals surface area (Å²) in [4.78, 5) is 26.0. The third kappa shape index (κ3) is 4.21. The van der Waals surface area contributed by atoms with E-state index in [-0.39, 0.29) is 17.8 Å². The van der Waals surface area contributed by atoms with Gasteiger partial charge >= 0.3 is 6.09 Å². The Hall–Kier alpha value is -1.55. The molecular weight excluding hydrogens is 290 g/mol. The maximum atomic E-state index is 12.4. The standard InChI is InChI=1S/C16H20ClNO3/c1-16(2,3)21-15(20)18-8-7-12(10-18)14(19)11-5-4-6-13(17)9-11/h4-6,9,12H,7-8,10H2,1-3H3/t12-/m1/s1. The van der Waals surface area contributed by atoms with Gasteiger partial charge in [0, 0.05) is 29.6 Å². The van der Waals surface area contributed by atoms with Gasteiger partial charge in [-0.1, -0.05) is 23.7 Å². The van der Waals surface area contributed by atoms with E-state index >= 15 is 0 Å². The second-order valence-electron chi connectivity index (χ2n) is 6.29. The number of benzene rings is 1. The van der Waals surface area contributed by atoms with E-state index in [9.17, 15) is 9.59 Å². The van der Waals surface area contributed by atoms with Crippen LogP contribution in [0, 0.1) is 5.92 Å². The maximum Gasteiger partial charge on any atom is 0.410 e. The molecule has 0 bridgehead atoms. The lowest BCUT2D eigenvalue weighted by Crippen LogP contribution is -2.35. The van der Waals surface area contributed by atoms with Gasteiger partial charge in [0.05, 0.1) is 0 Å². The third-order valence-electron chi connectivity index (χ3n) is 3.32. The number of nitrogens with zero attached hydrogens (tertiary/aromatic N) is 1. The first-order valence-corrected chi connectivity index (χ1v) is 7.42. The molecule has 5 heteroatoms. The summed E-state index contributed by atoms with van der Waals surface area (Å²) in [5.74, 6) is -0.153. The summed E-state index contributed by atoms with van der Waals surface area (Å²) in [5, 5.41) is 0.544. The number of hydrogen-bond donors (Lipinski definition) is 0. The Morgan fingerprint density at radius 1 is 1.33 bits per heavy atom. The molecule has 21 heavy (non-hydrogen) atoms. The monoisotopic (exact) mass is 309 g/mol. The molecule has 0 spiro atoms. The lowest BCUT2D eigenvalue weighted by Gasteiger charge is -2.24. The fourth-order valence-electron chi connectivity index (χ4n) is 2.34. The van der Waals surface area contributed by atoms with Gasteiger partial charge < -0.3 is 9.64 Å². The van der Waals surface area contributed by atoms with E-state index in [4.69, 9.17) is 16.3 Å². The largest absolute Gasteiger partial charge is 0.444 e. The van der Waals surface area contributed by atoms with Crippen LogP contribution in [0.15, 0.2) is 24.3 Å². The number of carbonyl (C=O) groups excluding carboxylic acids is 2. The molecule has 1 atom stereocenters. The quantitative estimate of drug-likeness (QED) is 0.781. The molecule has 1 saturated heterocycles. The van der Waals surface area contributed by atoms with E-state index in [2.05, 4.69) is 0 Å². The van der Waals surface area contributed by atoms with Crippen LogP contribution in [0.1, 0.15) is 37.6 Å². The smallest absolute Gasteiger partial charge is 0.410 e. The highest BCUT2D eigenvalue weighted by Crippen LogP contribution is 2.24. The van der Waals surface area contributed by atoms with E-state index in [1.165, 1.54) is 0 Å². The minimum absolute atomic E-state index is 0.0311. The van der Waals surface area contributed by atoms with Crippen molar-refractivity contribution in [2.45, 2.75) is 32.8 Å². The summed E-state index contributed by atoms with van der Waals surface area (Å²) in [6.45, 7) is 6.44. The average Bonchev–Trinajstić information content (AvgIpc) is 2.85. The van der Waals surface area contributed by atoms with Crippen LogP contribution >= 0.6 is 11.6 Å². The van der Waals surface area contributed by atoms with Gasteiger partial charge in [-0.05, 0) is 39.3 Å². The summed E-state index contributed by atoms with van der Waals surface area (Å²) in [7, 11) is 0. The molecule has 1 aliphatic rings. The number of halogens is 1. The van der Waals surface area contributed by atoms with Crippen LogP contribution in [0.25, 0.3) is 0 Å². The van der Waals surface area contributed by atoms with E-state index in [1.54, 1.807) is 29.2 Å². The summed E-state index contributed by atoms with van der Waals surface area (Å²) < 4.78 is 5.33. The van der Waals surface area contributed by atoms with Gasteiger partial charge in [0.1, 0.15) is 5.60 Å². The first-order valence-electron chi connectivity index (χ1n) is 7.04. The van der Waals surface area contributed by atoms with Crippen LogP contribution in [0.5, 0.6) is 0 Å². The van der Waals surface area contributed by atoms with Crippen LogP contribution in [-0.2, 0) is 4.74 Å². The average molecular weight is 310 g/mol. The van der Waals surface area contributed by atoms with Crippen molar-refractivity contribution in [2.24, 2.45) is 5.92 Å². The SMILES string of the molecule is CC(C)(C)OC(=O)N1CC[C@@H](C(=O)c2cccc(Cl)c2)C1. The Morgan fingerprint density at radius 2 is 2.05 bits per heavy atom. The third-order valence-corrected chi connectivity index (χ3v) is 3.55. The Balaban J connectivity index is 1.99. The Kier molecular flexibility index (Phi) is 4.57. The molecule has 0 N–H and O–H groups in total. The summed E-state index contributed by atoms with van der Waals surface area (Å²) in [5.41, 5.74) is 0.0742. The molecule has 0 aromatic heterocycles. The molecule has 1 aromatic rings. The second-order valence-corrected chi connectivity index (χ2v) is 6.72. The zero-order valence-electron chi connectivity index (χ0n) is 12.6. The van der Waals surface area contributed by atoms with Crippen molar-refractivity contribution in [3.8, 4) is 0 Å². The highest BCUT2D eigenvalue weighted by Gasteiger charge is 2.33. The minimum Gasteiger partial charge on any atom is -0.444 e. The fraction of sp³-hybridized carbons (Fsp3) is 0.500. The number of ether oxygens (including phenoxy) is 1. The lowest BCUT2D eigenvalue weighted by atomic mass is 9.97. The number of likely N-dealkylation sites (tertiary alicyclic amines) is 1. The van der Waals surface area contributed by atoms with Crippen LogP contribution in [0.3, 0.4) is 0 Å². The van der Waals surface area contributed by atoms with Gasteiger partial charge in [0.2, 0.25) is 0 Å². The number of ketones is 1. The maximum absolute atomic E-state index is 12.4. The van der Waals surface area contributed by atoms with Gasteiger partial charge in [-0.2, -0.15) is 0 Å². The zero-order chi connectivity index (χ0) is 15.6. The highest BCUT2D eigenvalue weighted by atomic mass is 35.5. The molecule has 114 valence electrons. The molecular formula is C16H20ClNO3. The van der Waals surface area contributed by atoms with Crippen molar-refractivity contribution in [1.29, 1.82) is 0 Å². The molecule has 0 radical (unpaired) electrons. The number of carbonyl (C=O) groups is 2. The first-order chi connectivity index (χ1) is 9.76. The molecule has 1 amide bonds. The fourth-order valence-corrected chi connectivity index (χ4v) is 2.53.